The molecule has 5 rings (SSSR count). The second kappa shape index (κ2) is 16.9. The standard InChI is InChI=1S/C36H44O12/c1-36(40)33(45-21-25-17-11-6-12-18-25)31(44-20-24-15-9-5-10-16-24)28(26(48-36)22-43-19-23-13-7-4-8-14-23)46-35-32(42-3)29(41-2)27(37)30(47-35)34(38)39/h4-18,26-33,35,37,40H,19-22H2,1-3H3,(H,38,39)/t26-,27+,28-,29+,30+,31+,32-,33-,35-,36-/m1/s1. The fourth-order valence-corrected chi connectivity index (χ4v) is 6.06. The molecule has 0 bridgehead atoms. The van der Waals surface area contributed by atoms with Crippen LogP contribution < -0.4 is 0 Å². The van der Waals surface area contributed by atoms with Crippen molar-refractivity contribution in [3.63, 3.8) is 0 Å². The topological polar surface area (TPSA) is 152 Å². The number of hydrogen-bond donors (Lipinski definition) is 3. The van der Waals surface area contributed by atoms with E-state index in [9.17, 15) is 20.1 Å². The lowest BCUT2D eigenvalue weighted by molar-refractivity contribution is -0.389. The van der Waals surface area contributed by atoms with Crippen molar-refractivity contribution in [2.75, 3.05) is 20.8 Å². The number of carboxylic acid groups (broad SMARTS) is 1. The molecule has 0 aliphatic carbocycles. The SMILES string of the molecule is CO[C@H]1[C@H](O[C@H]2[C@H](OCc3ccccc3)[C@@H](OCc3ccccc3)[C@](C)(O)O[C@@H]2COCc2ccccc2)O[C@H](C(=O)O)[C@@H](O)[C@@H]1OC. The van der Waals surface area contributed by atoms with Crippen LogP contribution >= 0.6 is 0 Å². The van der Waals surface area contributed by atoms with Gasteiger partial charge in [-0.25, -0.2) is 4.79 Å². The summed E-state index contributed by atoms with van der Waals surface area (Å²) >= 11 is 0. The van der Waals surface area contributed by atoms with Crippen LogP contribution in [0, 0.1) is 0 Å². The third-order valence-electron chi connectivity index (χ3n) is 8.46. The minimum Gasteiger partial charge on any atom is -0.479 e. The minimum absolute atomic E-state index is 0.0463. The van der Waals surface area contributed by atoms with Crippen LogP contribution in [0.4, 0.5) is 0 Å². The second-order valence-corrected chi connectivity index (χ2v) is 11.9. The van der Waals surface area contributed by atoms with Crippen molar-refractivity contribution in [2.45, 2.75) is 87.7 Å². The average molecular weight is 669 g/mol. The molecule has 0 unspecified atom stereocenters. The predicted octanol–water partition coefficient (Wildman–Crippen LogP) is 3.07. The van der Waals surface area contributed by atoms with Crippen molar-refractivity contribution in [3.05, 3.63) is 108 Å². The van der Waals surface area contributed by atoms with Gasteiger partial charge in [0, 0.05) is 14.2 Å². The van der Waals surface area contributed by atoms with E-state index in [2.05, 4.69) is 0 Å². The van der Waals surface area contributed by atoms with E-state index in [1.165, 1.54) is 21.1 Å². The normalized spacial score (nSPS) is 32.1. The van der Waals surface area contributed by atoms with Gasteiger partial charge in [0.2, 0.25) is 0 Å². The number of methoxy groups -OCH3 is 2. The molecular formula is C36H44O12. The molecule has 2 heterocycles. The lowest BCUT2D eigenvalue weighted by Crippen LogP contribution is -2.68. The van der Waals surface area contributed by atoms with E-state index >= 15 is 0 Å². The van der Waals surface area contributed by atoms with Gasteiger partial charge in [-0.2, -0.15) is 0 Å². The molecule has 0 spiro atoms. The molecule has 2 saturated heterocycles. The van der Waals surface area contributed by atoms with Crippen LogP contribution in [-0.4, -0.2) is 103 Å². The quantitative estimate of drug-likeness (QED) is 0.218. The fourth-order valence-electron chi connectivity index (χ4n) is 6.06. The third kappa shape index (κ3) is 8.84. The van der Waals surface area contributed by atoms with Crippen molar-refractivity contribution in [1.29, 1.82) is 0 Å². The van der Waals surface area contributed by atoms with Crippen molar-refractivity contribution >= 4 is 5.97 Å². The number of aliphatic carboxylic acids is 1. The van der Waals surface area contributed by atoms with Gasteiger partial charge in [0.1, 0.15) is 42.7 Å². The van der Waals surface area contributed by atoms with E-state index in [0.717, 1.165) is 16.7 Å². The summed E-state index contributed by atoms with van der Waals surface area (Å²) in [5.41, 5.74) is 2.64. The van der Waals surface area contributed by atoms with Gasteiger partial charge in [-0.1, -0.05) is 91.0 Å². The molecule has 10 atom stereocenters. The van der Waals surface area contributed by atoms with Crippen LogP contribution in [0.1, 0.15) is 23.6 Å². The Balaban J connectivity index is 1.49. The van der Waals surface area contributed by atoms with Crippen LogP contribution in [0.25, 0.3) is 0 Å². The Hall–Kier alpha value is -3.27. The molecule has 3 aromatic carbocycles. The first-order valence-corrected chi connectivity index (χ1v) is 15.8. The summed E-state index contributed by atoms with van der Waals surface area (Å²) in [6.07, 6.45) is -10.9. The van der Waals surface area contributed by atoms with Crippen LogP contribution in [0.3, 0.4) is 0 Å². The van der Waals surface area contributed by atoms with Crippen LogP contribution in [0.2, 0.25) is 0 Å². The number of aliphatic hydroxyl groups excluding tert-OH is 1. The van der Waals surface area contributed by atoms with Crippen molar-refractivity contribution in [1.82, 2.24) is 0 Å². The molecule has 12 heteroatoms. The summed E-state index contributed by atoms with van der Waals surface area (Å²) < 4.78 is 48.7. The minimum atomic E-state index is -1.88. The average Bonchev–Trinajstić information content (AvgIpc) is 3.09. The molecule has 260 valence electrons. The fraction of sp³-hybridized carbons (Fsp3) is 0.472. The highest BCUT2D eigenvalue weighted by Gasteiger charge is 2.57. The van der Waals surface area contributed by atoms with E-state index in [-0.39, 0.29) is 26.4 Å². The van der Waals surface area contributed by atoms with Crippen LogP contribution in [-0.2, 0) is 62.5 Å². The molecule has 48 heavy (non-hydrogen) atoms. The molecule has 0 amide bonds. The number of rotatable bonds is 15. The maximum Gasteiger partial charge on any atom is 0.335 e. The van der Waals surface area contributed by atoms with Gasteiger partial charge in [-0.15, -0.1) is 0 Å². The molecule has 2 aliphatic rings. The number of benzene rings is 3. The zero-order valence-corrected chi connectivity index (χ0v) is 27.2. The van der Waals surface area contributed by atoms with E-state index in [1.54, 1.807) is 0 Å². The first-order chi connectivity index (χ1) is 23.2. The lowest BCUT2D eigenvalue weighted by Gasteiger charge is -2.51. The van der Waals surface area contributed by atoms with E-state index < -0.39 is 66.9 Å². The summed E-state index contributed by atoms with van der Waals surface area (Å²) in [4.78, 5) is 12.1. The molecule has 12 nitrogen and oxygen atoms in total. The zero-order valence-electron chi connectivity index (χ0n) is 27.2. The molecular weight excluding hydrogens is 624 g/mol. The van der Waals surface area contributed by atoms with Gasteiger partial charge in [0.25, 0.3) is 0 Å². The first kappa shape index (κ1) is 36.0. The Kier molecular flexibility index (Phi) is 12.7. The Bertz CT molecular complexity index is 1390. The summed E-state index contributed by atoms with van der Waals surface area (Å²) in [6.45, 7) is 1.95. The van der Waals surface area contributed by atoms with Crippen molar-refractivity contribution in [3.8, 4) is 0 Å². The Labute approximate surface area is 280 Å². The highest BCUT2D eigenvalue weighted by Crippen LogP contribution is 2.37. The molecule has 3 aromatic rings. The van der Waals surface area contributed by atoms with Crippen molar-refractivity contribution in [2.24, 2.45) is 0 Å². The third-order valence-corrected chi connectivity index (χ3v) is 8.46. The zero-order chi connectivity index (χ0) is 34.1. The maximum absolute atomic E-state index is 12.1. The molecule has 3 N–H and O–H groups in total. The Morgan fingerprint density at radius 2 is 1.27 bits per heavy atom. The molecule has 2 aliphatic heterocycles. The maximum atomic E-state index is 12.1. The molecule has 0 aromatic heterocycles. The van der Waals surface area contributed by atoms with Gasteiger partial charge >= 0.3 is 5.97 Å². The van der Waals surface area contributed by atoms with Gasteiger partial charge < -0.3 is 53.2 Å². The smallest absolute Gasteiger partial charge is 0.335 e. The number of ether oxygens (including phenoxy) is 8. The van der Waals surface area contributed by atoms with Gasteiger partial charge in [-0.3, -0.25) is 0 Å². The largest absolute Gasteiger partial charge is 0.479 e. The summed E-state index contributed by atoms with van der Waals surface area (Å²) in [5.74, 6) is -3.28. The number of carbonyl (C=O) groups is 1. The first-order valence-electron chi connectivity index (χ1n) is 15.8. The van der Waals surface area contributed by atoms with Gasteiger partial charge in [-0.05, 0) is 23.6 Å². The highest BCUT2D eigenvalue weighted by atomic mass is 16.7. The number of hydrogen-bond acceptors (Lipinski definition) is 11. The van der Waals surface area contributed by atoms with Gasteiger partial charge in [0.05, 0.1) is 26.4 Å². The Morgan fingerprint density at radius 1 is 0.750 bits per heavy atom. The number of carboxylic acids is 1. The lowest BCUT2D eigenvalue weighted by atomic mass is 9.92. The summed E-state index contributed by atoms with van der Waals surface area (Å²) in [7, 11) is 2.71. The summed E-state index contributed by atoms with van der Waals surface area (Å²) in [5, 5.41) is 32.4. The van der Waals surface area contributed by atoms with E-state index in [0.29, 0.717) is 0 Å². The predicted molar refractivity (Wildman–Crippen MR) is 170 cm³/mol. The van der Waals surface area contributed by atoms with Gasteiger partial charge in [0.15, 0.2) is 18.2 Å². The van der Waals surface area contributed by atoms with E-state index in [4.69, 9.17) is 37.9 Å². The van der Waals surface area contributed by atoms with E-state index in [1.807, 2.05) is 91.0 Å². The Morgan fingerprint density at radius 3 is 1.79 bits per heavy atom. The molecule has 2 fully saturated rings. The van der Waals surface area contributed by atoms with Crippen LogP contribution in [0.15, 0.2) is 91.0 Å². The molecule has 0 saturated carbocycles. The summed E-state index contributed by atoms with van der Waals surface area (Å²) in [6, 6.07) is 28.5. The highest BCUT2D eigenvalue weighted by molar-refractivity contribution is 5.73. The van der Waals surface area contributed by atoms with Crippen LogP contribution in [0.5, 0.6) is 0 Å². The van der Waals surface area contributed by atoms with Crippen molar-refractivity contribution < 1.29 is 58.0 Å². The number of aliphatic hydroxyl groups is 2. The second-order valence-electron chi connectivity index (χ2n) is 11.9. The molecule has 0 radical (unpaired) electrons. The monoisotopic (exact) mass is 668 g/mol.